The molecule has 0 aliphatic carbocycles. The maximum absolute atomic E-state index is 10.8. The molecule has 0 radical (unpaired) electrons. The molecule has 29 heavy (non-hydrogen) atoms. The summed E-state index contributed by atoms with van der Waals surface area (Å²) in [6.07, 6.45) is 10.5. The molecule has 6 nitrogen and oxygen atoms in total. The molecule has 0 saturated carbocycles. The molecule has 0 aromatic heterocycles. The van der Waals surface area contributed by atoms with Crippen LogP contribution in [0, 0.1) is 0 Å². The van der Waals surface area contributed by atoms with Crippen LogP contribution in [-0.4, -0.2) is 38.9 Å². The van der Waals surface area contributed by atoms with Gasteiger partial charge < -0.3 is 14.0 Å². The minimum Gasteiger partial charge on any atom is -0.726 e. The van der Waals surface area contributed by atoms with Gasteiger partial charge in [0.15, 0.2) is 0 Å². The number of benzene rings is 1. The third-order valence-electron chi connectivity index (χ3n) is 4.22. The molecule has 160 valence electrons. The van der Waals surface area contributed by atoms with Crippen LogP contribution in [0.2, 0.25) is 0 Å². The summed E-state index contributed by atoms with van der Waals surface area (Å²) in [6.45, 7) is 5.77. The molecule has 0 bridgehead atoms. The van der Waals surface area contributed by atoms with Gasteiger partial charge in [-0.05, 0) is 30.5 Å². The predicted octanol–water partition coefficient (Wildman–Crippen LogP) is 1.41. The van der Waals surface area contributed by atoms with E-state index in [0.29, 0.717) is 5.75 Å². The molecule has 1 aromatic carbocycles. The Kier molecular flexibility index (Phi) is 18.0. The average molecular weight is 453 g/mol. The zero-order chi connectivity index (χ0) is 20.7. The van der Waals surface area contributed by atoms with Crippen LogP contribution in [0.3, 0.4) is 0 Å². The van der Waals surface area contributed by atoms with Crippen LogP contribution in [0.15, 0.2) is 36.9 Å². The molecule has 1 rings (SSSR count). The molecule has 1 unspecified atom stereocenters. The van der Waals surface area contributed by atoms with Crippen molar-refractivity contribution >= 4 is 10.4 Å². The monoisotopic (exact) mass is 452 g/mol. The van der Waals surface area contributed by atoms with Crippen molar-refractivity contribution in [1.82, 2.24) is 0 Å². The van der Waals surface area contributed by atoms with E-state index in [0.717, 1.165) is 6.42 Å². The quantitative estimate of drug-likeness (QED) is 0.117. The molecule has 0 spiro atoms. The second-order valence-electron chi connectivity index (χ2n) is 6.78. The Morgan fingerprint density at radius 2 is 1.66 bits per heavy atom. The van der Waals surface area contributed by atoms with Gasteiger partial charge in [-0.2, -0.15) is 0 Å². The van der Waals surface area contributed by atoms with E-state index in [9.17, 15) is 13.0 Å². The Hall–Kier alpha value is 0.226. The van der Waals surface area contributed by atoms with Gasteiger partial charge in [-0.25, -0.2) is 8.42 Å². The van der Waals surface area contributed by atoms with Crippen LogP contribution in [0.25, 0.3) is 0 Å². The van der Waals surface area contributed by atoms with Gasteiger partial charge >= 0.3 is 51.4 Å². The first kappa shape index (κ1) is 29.2. The average Bonchev–Trinajstić information content (AvgIpc) is 2.65. The summed E-state index contributed by atoms with van der Waals surface area (Å²) in [5.74, 6) is 0.587. The van der Waals surface area contributed by atoms with Gasteiger partial charge in [-0.1, -0.05) is 63.7 Å². The van der Waals surface area contributed by atoms with Crippen LogP contribution in [0.5, 0.6) is 5.75 Å². The van der Waals surface area contributed by atoms with Gasteiger partial charge in [0.2, 0.25) is 10.4 Å². The molecule has 8 heteroatoms. The number of ether oxygens (including phenoxy) is 2. The number of hydrogen-bond donors (Lipinski definition) is 0. The van der Waals surface area contributed by atoms with E-state index < -0.39 is 16.5 Å². The predicted molar refractivity (Wildman–Crippen MR) is 109 cm³/mol. The van der Waals surface area contributed by atoms with Crippen molar-refractivity contribution in [2.24, 2.45) is 0 Å². The summed E-state index contributed by atoms with van der Waals surface area (Å²) >= 11 is 0. The van der Waals surface area contributed by atoms with E-state index >= 15 is 0 Å². The molecule has 0 amide bonds. The second kappa shape index (κ2) is 17.9. The molecule has 0 fully saturated rings. The molecule has 0 N–H and O–H groups in total. The first-order valence-electron chi connectivity index (χ1n) is 9.99. The van der Waals surface area contributed by atoms with Gasteiger partial charge in [-0.15, -0.1) is 6.58 Å². The van der Waals surface area contributed by atoms with Crippen LogP contribution in [0.1, 0.15) is 57.4 Å². The maximum atomic E-state index is 10.8. The molecule has 0 saturated heterocycles. The Bertz CT molecular complexity index is 633. The van der Waals surface area contributed by atoms with Gasteiger partial charge in [0, 0.05) is 0 Å². The topological polar surface area (TPSA) is 84.9 Å². The normalized spacial score (nSPS) is 12.2. The van der Waals surface area contributed by atoms with E-state index in [2.05, 4.69) is 17.7 Å². The Morgan fingerprint density at radius 1 is 1.03 bits per heavy atom. The summed E-state index contributed by atoms with van der Waals surface area (Å²) < 4.78 is 47.6. The number of unbranched alkanes of at least 4 members (excludes halogenated alkanes) is 6. The van der Waals surface area contributed by atoms with Gasteiger partial charge in [0.25, 0.3) is 0 Å². The number of aryl methyl sites for hydroxylation is 1. The zero-order valence-corrected chi connectivity index (χ0v) is 21.7. The summed E-state index contributed by atoms with van der Waals surface area (Å²) in [4.78, 5) is 0. The molecule has 0 aliphatic heterocycles. The van der Waals surface area contributed by atoms with Crippen molar-refractivity contribution in [3.05, 3.63) is 42.5 Å². The number of rotatable bonds is 17. The minimum atomic E-state index is -4.83. The molecular weight excluding hydrogens is 419 g/mol. The maximum Gasteiger partial charge on any atom is 1.00 e. The largest absolute Gasteiger partial charge is 1.00 e. The first-order chi connectivity index (χ1) is 13.4. The summed E-state index contributed by atoms with van der Waals surface area (Å²) in [7, 11) is -4.83. The van der Waals surface area contributed by atoms with Crippen molar-refractivity contribution in [3.63, 3.8) is 0 Å². The SMILES string of the molecule is C=CCOCC(COc1ccc(CCCCCCCCC)cc1)OS(=O)(=O)[O-].[K+]. The first-order valence-corrected chi connectivity index (χ1v) is 11.3. The van der Waals surface area contributed by atoms with E-state index in [-0.39, 0.29) is 71.2 Å². The molecular formula is C21H33KO6S. The van der Waals surface area contributed by atoms with E-state index in [1.807, 2.05) is 24.3 Å². The van der Waals surface area contributed by atoms with Crippen molar-refractivity contribution in [1.29, 1.82) is 0 Å². The van der Waals surface area contributed by atoms with Crippen LogP contribution < -0.4 is 56.1 Å². The van der Waals surface area contributed by atoms with Gasteiger partial charge in [0.1, 0.15) is 18.5 Å². The smallest absolute Gasteiger partial charge is 0.726 e. The fourth-order valence-electron chi connectivity index (χ4n) is 2.78. The van der Waals surface area contributed by atoms with Gasteiger partial charge in [-0.3, -0.25) is 4.18 Å². The fraction of sp³-hybridized carbons (Fsp3) is 0.619. The standard InChI is InChI=1S/C21H34O6S.K/c1-3-5-6-7-8-9-10-11-19-12-14-20(15-13-19)26-18-21(17-25-16-4-2)27-28(22,23)24;/h4,12-15,21H,2-3,5-11,16-18H2,1H3,(H,22,23,24);/q;+1/p-1. The van der Waals surface area contributed by atoms with E-state index in [1.165, 1.54) is 56.6 Å². The summed E-state index contributed by atoms with van der Waals surface area (Å²) in [5.41, 5.74) is 1.24. The third-order valence-corrected chi connectivity index (χ3v) is 4.73. The fourth-order valence-corrected chi connectivity index (χ4v) is 3.23. The van der Waals surface area contributed by atoms with Crippen LogP contribution >= 0.6 is 0 Å². The summed E-state index contributed by atoms with van der Waals surface area (Å²) in [6, 6.07) is 7.68. The van der Waals surface area contributed by atoms with Gasteiger partial charge in [0.05, 0.1) is 13.2 Å². The van der Waals surface area contributed by atoms with E-state index in [4.69, 9.17) is 9.47 Å². The third kappa shape index (κ3) is 16.6. The zero-order valence-electron chi connectivity index (χ0n) is 17.8. The van der Waals surface area contributed by atoms with E-state index in [1.54, 1.807) is 0 Å². The molecule has 0 aliphatic rings. The van der Waals surface area contributed by atoms with Crippen molar-refractivity contribution in [2.75, 3.05) is 19.8 Å². The minimum absolute atomic E-state index is 0. The Balaban J connectivity index is 0.00000784. The van der Waals surface area contributed by atoms with Crippen molar-refractivity contribution in [3.8, 4) is 5.75 Å². The second-order valence-corrected chi connectivity index (χ2v) is 7.79. The molecule has 1 aromatic rings. The van der Waals surface area contributed by atoms with Crippen molar-refractivity contribution < 1.29 is 78.0 Å². The summed E-state index contributed by atoms with van der Waals surface area (Å²) in [5, 5.41) is 0. The Labute approximate surface area is 218 Å². The van der Waals surface area contributed by atoms with Crippen molar-refractivity contribution in [2.45, 2.75) is 64.4 Å². The molecule has 1 atom stereocenters. The molecule has 0 heterocycles. The van der Waals surface area contributed by atoms with Crippen LogP contribution in [0.4, 0.5) is 0 Å². The van der Waals surface area contributed by atoms with Crippen LogP contribution in [-0.2, 0) is 25.7 Å². The number of hydrogen-bond acceptors (Lipinski definition) is 6. The Morgan fingerprint density at radius 3 is 2.24 bits per heavy atom.